The van der Waals surface area contributed by atoms with Crippen molar-refractivity contribution in [2.24, 2.45) is 0 Å². The molecule has 38 heavy (non-hydrogen) atoms. The maximum absolute atomic E-state index is 6.25. The number of ether oxygens (including phenoxy) is 3. The van der Waals surface area contributed by atoms with Crippen molar-refractivity contribution in [3.05, 3.63) is 75.3 Å². The van der Waals surface area contributed by atoms with E-state index >= 15 is 0 Å². The summed E-state index contributed by atoms with van der Waals surface area (Å²) >= 11 is 9.05. The Morgan fingerprint density at radius 2 is 1.87 bits per heavy atom. The number of thiazole rings is 1. The zero-order valence-electron chi connectivity index (χ0n) is 21.0. The van der Waals surface area contributed by atoms with Gasteiger partial charge in [0, 0.05) is 28.0 Å². The summed E-state index contributed by atoms with van der Waals surface area (Å²) in [6.07, 6.45) is 1.81. The van der Waals surface area contributed by atoms with Crippen LogP contribution in [0.4, 0.5) is 0 Å². The number of hydrogen-bond donors (Lipinski definition) is 0. The molecule has 0 atom stereocenters. The fraction of sp³-hybridized carbons (Fsp3) is 0.222. The first-order valence-corrected chi connectivity index (χ1v) is 13.8. The molecule has 0 saturated heterocycles. The lowest BCUT2D eigenvalue weighted by molar-refractivity contribution is 0.303. The second-order valence-corrected chi connectivity index (χ2v) is 11.4. The van der Waals surface area contributed by atoms with Crippen LogP contribution in [-0.2, 0) is 12.0 Å². The van der Waals surface area contributed by atoms with Crippen molar-refractivity contribution in [2.45, 2.75) is 25.9 Å². The molecule has 0 aliphatic heterocycles. The third kappa shape index (κ3) is 4.48. The highest BCUT2D eigenvalue weighted by atomic mass is 35.5. The lowest BCUT2D eigenvalue weighted by Gasteiger charge is -2.22. The maximum Gasteiger partial charge on any atom is 0.294 e. The van der Waals surface area contributed by atoms with Crippen molar-refractivity contribution in [3.63, 3.8) is 0 Å². The lowest BCUT2D eigenvalue weighted by Crippen LogP contribution is -2.18. The largest absolute Gasteiger partial charge is 0.496 e. The van der Waals surface area contributed by atoms with Gasteiger partial charge in [-0.15, -0.1) is 16.4 Å². The predicted molar refractivity (Wildman–Crippen MR) is 149 cm³/mol. The van der Waals surface area contributed by atoms with Crippen LogP contribution in [0.1, 0.15) is 30.1 Å². The average Bonchev–Trinajstić information content (AvgIpc) is 3.69. The molecule has 0 amide bonds. The van der Waals surface area contributed by atoms with Crippen molar-refractivity contribution in [2.75, 3.05) is 14.2 Å². The average molecular weight is 567 g/mol. The predicted octanol–water partition coefficient (Wildman–Crippen LogP) is 7.24. The third-order valence-corrected chi connectivity index (χ3v) is 8.64. The highest BCUT2D eigenvalue weighted by Crippen LogP contribution is 2.38. The smallest absolute Gasteiger partial charge is 0.294 e. The van der Waals surface area contributed by atoms with Gasteiger partial charge in [-0.3, -0.25) is 0 Å². The summed E-state index contributed by atoms with van der Waals surface area (Å²) in [6, 6.07) is 13.5. The minimum absolute atomic E-state index is 0.257. The molecule has 8 nitrogen and oxygen atoms in total. The van der Waals surface area contributed by atoms with Gasteiger partial charge in [-0.25, -0.2) is 14.5 Å². The van der Waals surface area contributed by atoms with E-state index in [1.54, 1.807) is 30.1 Å². The van der Waals surface area contributed by atoms with E-state index in [1.165, 1.54) is 11.3 Å². The number of benzene rings is 2. The SMILES string of the molecule is COc1cc(OCc2csc(C(C)(C)c3ccc(Cl)cc3)n2)c2cc(-c3cn4nc(OC)sc4n3)oc2c1. The minimum Gasteiger partial charge on any atom is -0.496 e. The first-order chi connectivity index (χ1) is 18.3. The van der Waals surface area contributed by atoms with Gasteiger partial charge in [-0.2, -0.15) is 0 Å². The van der Waals surface area contributed by atoms with Gasteiger partial charge in [0.25, 0.3) is 5.19 Å². The van der Waals surface area contributed by atoms with Crippen LogP contribution in [0.5, 0.6) is 16.7 Å². The summed E-state index contributed by atoms with van der Waals surface area (Å²) in [5.41, 5.74) is 3.05. The molecular formula is C27H23ClN4O4S2. The molecule has 0 saturated carbocycles. The first-order valence-electron chi connectivity index (χ1n) is 11.7. The molecule has 194 valence electrons. The molecule has 0 fully saturated rings. The summed E-state index contributed by atoms with van der Waals surface area (Å²) in [6.45, 7) is 4.62. The third-order valence-electron chi connectivity index (χ3n) is 6.29. The molecule has 0 unspecified atom stereocenters. The number of furan rings is 1. The van der Waals surface area contributed by atoms with Gasteiger partial charge in [-0.05, 0) is 48.9 Å². The number of hydrogen-bond acceptors (Lipinski definition) is 9. The van der Waals surface area contributed by atoms with Crippen LogP contribution in [0.2, 0.25) is 5.02 Å². The van der Waals surface area contributed by atoms with Gasteiger partial charge in [0.15, 0.2) is 5.76 Å². The maximum atomic E-state index is 6.25. The van der Waals surface area contributed by atoms with Crippen molar-refractivity contribution in [3.8, 4) is 28.1 Å². The van der Waals surface area contributed by atoms with Crippen LogP contribution in [0.15, 0.2) is 58.5 Å². The van der Waals surface area contributed by atoms with Gasteiger partial charge < -0.3 is 18.6 Å². The molecular weight excluding hydrogens is 544 g/mol. The van der Waals surface area contributed by atoms with E-state index in [4.69, 9.17) is 35.2 Å². The van der Waals surface area contributed by atoms with Crippen LogP contribution in [0.3, 0.4) is 0 Å². The van der Waals surface area contributed by atoms with Crippen LogP contribution >= 0.6 is 34.3 Å². The van der Waals surface area contributed by atoms with Crippen molar-refractivity contribution >= 4 is 50.2 Å². The summed E-state index contributed by atoms with van der Waals surface area (Å²) < 4.78 is 24.7. The van der Waals surface area contributed by atoms with Crippen LogP contribution < -0.4 is 14.2 Å². The lowest BCUT2D eigenvalue weighted by atomic mass is 9.85. The van der Waals surface area contributed by atoms with Crippen LogP contribution in [-0.4, -0.2) is 33.8 Å². The van der Waals surface area contributed by atoms with Crippen molar-refractivity contribution in [1.29, 1.82) is 0 Å². The van der Waals surface area contributed by atoms with Gasteiger partial charge in [0.05, 0.1) is 31.5 Å². The standard InChI is InChI=1S/C27H23ClN4O4S2/c1-27(2,15-5-7-16(28)8-6-15)24-29-17(14-37-24)13-35-21-9-18(33-3)10-22-19(21)11-23(36-22)20-12-32-25(30-20)38-26(31-32)34-4/h5-12,14H,13H2,1-4H3. The highest BCUT2D eigenvalue weighted by molar-refractivity contribution is 7.18. The molecule has 0 bridgehead atoms. The summed E-state index contributed by atoms with van der Waals surface area (Å²) in [5.74, 6) is 1.88. The Hall–Kier alpha value is -3.60. The van der Waals surface area contributed by atoms with E-state index in [-0.39, 0.29) is 5.41 Å². The second kappa shape index (κ2) is 9.61. The summed E-state index contributed by atoms with van der Waals surface area (Å²) in [4.78, 5) is 10.2. The Morgan fingerprint density at radius 3 is 2.61 bits per heavy atom. The molecule has 0 radical (unpaired) electrons. The first kappa shape index (κ1) is 24.7. The van der Waals surface area contributed by atoms with Gasteiger partial charge >= 0.3 is 0 Å². The van der Waals surface area contributed by atoms with E-state index in [9.17, 15) is 0 Å². The van der Waals surface area contributed by atoms with E-state index in [2.05, 4.69) is 23.9 Å². The fourth-order valence-corrected chi connectivity index (χ4v) is 5.91. The summed E-state index contributed by atoms with van der Waals surface area (Å²) in [5, 5.41) is 9.45. The Labute approximate surface area is 231 Å². The van der Waals surface area contributed by atoms with Gasteiger partial charge in [0.2, 0.25) is 4.96 Å². The van der Waals surface area contributed by atoms with Crippen molar-refractivity contribution in [1.82, 2.24) is 19.6 Å². The number of imidazole rings is 1. The Morgan fingerprint density at radius 1 is 1.05 bits per heavy atom. The summed E-state index contributed by atoms with van der Waals surface area (Å²) in [7, 11) is 3.20. The molecule has 6 rings (SSSR count). The number of rotatable bonds is 8. The molecule has 0 aliphatic rings. The molecule has 4 aromatic heterocycles. The monoisotopic (exact) mass is 566 g/mol. The molecule has 0 N–H and O–H groups in total. The zero-order chi connectivity index (χ0) is 26.4. The fourth-order valence-electron chi connectivity index (χ4n) is 4.13. The van der Waals surface area contributed by atoms with Gasteiger partial charge in [0.1, 0.15) is 34.4 Å². The van der Waals surface area contributed by atoms with Crippen LogP contribution in [0.25, 0.3) is 27.4 Å². The molecule has 11 heteroatoms. The van der Waals surface area contributed by atoms with Crippen molar-refractivity contribution < 1.29 is 18.6 Å². The number of nitrogens with zero attached hydrogens (tertiary/aromatic N) is 4. The minimum atomic E-state index is -0.257. The van der Waals surface area contributed by atoms with E-state index < -0.39 is 0 Å². The molecule has 0 aliphatic carbocycles. The van der Waals surface area contributed by atoms with Crippen LogP contribution in [0, 0.1) is 0 Å². The Balaban J connectivity index is 1.27. The Bertz CT molecular complexity index is 1720. The number of fused-ring (bicyclic) bond motifs is 2. The van der Waals surface area contributed by atoms with E-state index in [0.29, 0.717) is 45.3 Å². The van der Waals surface area contributed by atoms with E-state index in [1.807, 2.05) is 54.0 Å². The Kier molecular flexibility index (Phi) is 6.25. The highest BCUT2D eigenvalue weighted by Gasteiger charge is 2.27. The number of methoxy groups -OCH3 is 2. The number of halogens is 1. The molecule has 2 aromatic carbocycles. The normalized spacial score (nSPS) is 11.9. The molecule has 4 heterocycles. The molecule has 6 aromatic rings. The second-order valence-electron chi connectivity index (χ2n) is 9.14. The van der Waals surface area contributed by atoms with E-state index in [0.717, 1.165) is 26.7 Å². The molecule has 0 spiro atoms. The van der Waals surface area contributed by atoms with Gasteiger partial charge in [-0.1, -0.05) is 23.7 Å². The quantitative estimate of drug-likeness (QED) is 0.192. The number of aromatic nitrogens is 4. The zero-order valence-corrected chi connectivity index (χ0v) is 23.4. The topological polar surface area (TPSA) is 83.9 Å².